The Morgan fingerprint density at radius 1 is 1.20 bits per heavy atom. The van der Waals surface area contributed by atoms with E-state index in [0.29, 0.717) is 23.6 Å². The lowest BCUT2D eigenvalue weighted by atomic mass is 10.2. The first-order valence-corrected chi connectivity index (χ1v) is 6.68. The largest absolute Gasteiger partial charge is 0.322 e. The van der Waals surface area contributed by atoms with Crippen LogP contribution in [-0.2, 0) is 11.3 Å². The Bertz CT molecular complexity index is 749. The highest BCUT2D eigenvalue weighted by Gasteiger charge is 2.12. The number of carbonyl (C=O) groups is 1. The third-order valence-electron chi connectivity index (χ3n) is 3.10. The Labute approximate surface area is 121 Å². The predicted octanol–water partition coefficient (Wildman–Crippen LogP) is 3.34. The SMILES string of the molecule is O=CCCn1c(-c2ccc(Cl)cc2)nc2ncccc21. The second-order valence-corrected chi connectivity index (χ2v) is 4.83. The van der Waals surface area contributed by atoms with Crippen molar-refractivity contribution in [3.05, 3.63) is 47.6 Å². The van der Waals surface area contributed by atoms with E-state index in [0.717, 1.165) is 23.2 Å². The molecule has 2 heterocycles. The fraction of sp³-hybridized carbons (Fsp3) is 0.133. The van der Waals surface area contributed by atoms with Crippen molar-refractivity contribution in [1.29, 1.82) is 0 Å². The number of imidazole rings is 1. The van der Waals surface area contributed by atoms with Crippen molar-refractivity contribution in [1.82, 2.24) is 14.5 Å². The van der Waals surface area contributed by atoms with Gasteiger partial charge in [-0.3, -0.25) is 0 Å². The molecule has 20 heavy (non-hydrogen) atoms. The molecule has 0 unspecified atom stereocenters. The quantitative estimate of drug-likeness (QED) is 0.691. The maximum atomic E-state index is 10.7. The normalized spacial score (nSPS) is 10.8. The van der Waals surface area contributed by atoms with Gasteiger partial charge in [0.1, 0.15) is 12.1 Å². The van der Waals surface area contributed by atoms with E-state index in [1.807, 2.05) is 41.0 Å². The van der Waals surface area contributed by atoms with Gasteiger partial charge in [-0.15, -0.1) is 0 Å². The molecule has 0 amide bonds. The number of aryl methyl sites for hydroxylation is 1. The molecule has 0 atom stereocenters. The van der Waals surface area contributed by atoms with E-state index in [1.165, 1.54) is 0 Å². The van der Waals surface area contributed by atoms with Gasteiger partial charge in [0, 0.05) is 29.7 Å². The van der Waals surface area contributed by atoms with E-state index >= 15 is 0 Å². The third kappa shape index (κ3) is 2.30. The third-order valence-corrected chi connectivity index (χ3v) is 3.35. The average Bonchev–Trinajstić information content (AvgIpc) is 2.84. The standard InChI is InChI=1S/C15H12ClN3O/c16-12-6-4-11(5-7-12)15-18-14-13(3-1-8-17-14)19(15)9-2-10-20/h1,3-8,10H,2,9H2. The van der Waals surface area contributed by atoms with Crippen LogP contribution in [0.4, 0.5) is 0 Å². The summed E-state index contributed by atoms with van der Waals surface area (Å²) < 4.78 is 2.01. The van der Waals surface area contributed by atoms with E-state index in [4.69, 9.17) is 11.6 Å². The van der Waals surface area contributed by atoms with Gasteiger partial charge in [-0.2, -0.15) is 0 Å². The van der Waals surface area contributed by atoms with Gasteiger partial charge in [0.05, 0.1) is 5.52 Å². The maximum Gasteiger partial charge on any atom is 0.178 e. The zero-order valence-electron chi connectivity index (χ0n) is 10.7. The lowest BCUT2D eigenvalue weighted by molar-refractivity contribution is -0.108. The summed E-state index contributed by atoms with van der Waals surface area (Å²) in [4.78, 5) is 19.5. The number of benzene rings is 1. The molecule has 3 rings (SSSR count). The van der Waals surface area contributed by atoms with E-state index in [2.05, 4.69) is 9.97 Å². The molecule has 5 heteroatoms. The minimum absolute atomic E-state index is 0.445. The number of aldehydes is 1. The fourth-order valence-corrected chi connectivity index (χ4v) is 2.31. The van der Waals surface area contributed by atoms with Crippen molar-refractivity contribution >= 4 is 29.1 Å². The first-order valence-electron chi connectivity index (χ1n) is 6.30. The molecular weight excluding hydrogens is 274 g/mol. The molecule has 1 aromatic carbocycles. The second kappa shape index (κ2) is 5.43. The van der Waals surface area contributed by atoms with Crippen molar-refractivity contribution in [2.45, 2.75) is 13.0 Å². The van der Waals surface area contributed by atoms with Gasteiger partial charge in [0.2, 0.25) is 0 Å². The number of aromatic nitrogens is 3. The van der Waals surface area contributed by atoms with Gasteiger partial charge in [-0.05, 0) is 36.4 Å². The predicted molar refractivity (Wildman–Crippen MR) is 78.7 cm³/mol. The smallest absolute Gasteiger partial charge is 0.178 e. The van der Waals surface area contributed by atoms with Gasteiger partial charge in [-0.1, -0.05) is 11.6 Å². The van der Waals surface area contributed by atoms with Crippen molar-refractivity contribution in [2.75, 3.05) is 0 Å². The molecule has 0 radical (unpaired) electrons. The Morgan fingerprint density at radius 2 is 2.00 bits per heavy atom. The molecule has 0 aliphatic heterocycles. The number of pyridine rings is 1. The van der Waals surface area contributed by atoms with Crippen LogP contribution in [0.15, 0.2) is 42.6 Å². The summed E-state index contributed by atoms with van der Waals surface area (Å²) in [6.45, 7) is 0.587. The lowest BCUT2D eigenvalue weighted by Gasteiger charge is -2.07. The van der Waals surface area contributed by atoms with E-state index in [1.54, 1.807) is 6.20 Å². The number of fused-ring (bicyclic) bond motifs is 1. The Hall–Kier alpha value is -2.20. The van der Waals surface area contributed by atoms with Crippen LogP contribution in [0.25, 0.3) is 22.6 Å². The van der Waals surface area contributed by atoms with E-state index < -0.39 is 0 Å². The van der Waals surface area contributed by atoms with Crippen LogP contribution in [0.1, 0.15) is 6.42 Å². The Kier molecular flexibility index (Phi) is 3.48. The molecule has 0 saturated heterocycles. The highest BCUT2D eigenvalue weighted by molar-refractivity contribution is 6.30. The van der Waals surface area contributed by atoms with Crippen molar-refractivity contribution < 1.29 is 4.79 Å². The molecule has 0 aliphatic rings. The number of halogens is 1. The molecule has 3 aromatic rings. The summed E-state index contributed by atoms with van der Waals surface area (Å²) in [5.74, 6) is 0.803. The molecule has 0 spiro atoms. The van der Waals surface area contributed by atoms with E-state index in [9.17, 15) is 4.79 Å². The molecule has 0 aliphatic carbocycles. The van der Waals surface area contributed by atoms with Gasteiger partial charge in [-0.25, -0.2) is 9.97 Å². The van der Waals surface area contributed by atoms with Gasteiger partial charge >= 0.3 is 0 Å². The molecule has 0 saturated carbocycles. The Balaban J connectivity index is 2.17. The lowest BCUT2D eigenvalue weighted by Crippen LogP contribution is -2.01. The molecule has 0 bridgehead atoms. The molecule has 4 nitrogen and oxygen atoms in total. The van der Waals surface area contributed by atoms with E-state index in [-0.39, 0.29) is 0 Å². The molecule has 2 aromatic heterocycles. The number of hydrogen-bond acceptors (Lipinski definition) is 3. The first-order chi connectivity index (χ1) is 9.79. The zero-order valence-corrected chi connectivity index (χ0v) is 11.4. The molecule has 100 valence electrons. The van der Waals surface area contributed by atoms with Crippen molar-refractivity contribution in [3.8, 4) is 11.4 Å². The van der Waals surface area contributed by atoms with Crippen LogP contribution in [-0.4, -0.2) is 20.8 Å². The van der Waals surface area contributed by atoms with Crippen LogP contribution >= 0.6 is 11.6 Å². The average molecular weight is 286 g/mol. The highest BCUT2D eigenvalue weighted by atomic mass is 35.5. The first kappa shape index (κ1) is 12.8. The van der Waals surface area contributed by atoms with Crippen LogP contribution < -0.4 is 0 Å². The molecule has 0 fully saturated rings. The monoisotopic (exact) mass is 285 g/mol. The number of carbonyl (C=O) groups excluding carboxylic acids is 1. The summed E-state index contributed by atoms with van der Waals surface area (Å²) in [6, 6.07) is 11.3. The molecular formula is C15H12ClN3O. The highest BCUT2D eigenvalue weighted by Crippen LogP contribution is 2.25. The summed E-state index contributed by atoms with van der Waals surface area (Å²) in [6.07, 6.45) is 3.07. The van der Waals surface area contributed by atoms with Crippen molar-refractivity contribution in [2.24, 2.45) is 0 Å². The summed E-state index contributed by atoms with van der Waals surface area (Å²) in [7, 11) is 0. The fourth-order valence-electron chi connectivity index (χ4n) is 2.19. The van der Waals surface area contributed by atoms with Gasteiger partial charge in [0.25, 0.3) is 0 Å². The summed E-state index contributed by atoms with van der Waals surface area (Å²) >= 11 is 5.92. The van der Waals surface area contributed by atoms with Crippen LogP contribution in [0, 0.1) is 0 Å². The van der Waals surface area contributed by atoms with Crippen LogP contribution in [0.3, 0.4) is 0 Å². The topological polar surface area (TPSA) is 47.8 Å². The van der Waals surface area contributed by atoms with Gasteiger partial charge < -0.3 is 9.36 Å². The zero-order chi connectivity index (χ0) is 13.9. The minimum atomic E-state index is 0.445. The number of nitrogens with zero attached hydrogens (tertiary/aromatic N) is 3. The minimum Gasteiger partial charge on any atom is -0.322 e. The van der Waals surface area contributed by atoms with Crippen LogP contribution in [0.5, 0.6) is 0 Å². The van der Waals surface area contributed by atoms with Crippen LogP contribution in [0.2, 0.25) is 5.02 Å². The molecule has 0 N–H and O–H groups in total. The Morgan fingerprint density at radius 3 is 2.75 bits per heavy atom. The summed E-state index contributed by atoms with van der Waals surface area (Å²) in [5, 5.41) is 0.683. The summed E-state index contributed by atoms with van der Waals surface area (Å²) in [5.41, 5.74) is 2.57. The van der Waals surface area contributed by atoms with Crippen molar-refractivity contribution in [3.63, 3.8) is 0 Å². The second-order valence-electron chi connectivity index (χ2n) is 4.40. The number of hydrogen-bond donors (Lipinski definition) is 0. The van der Waals surface area contributed by atoms with Gasteiger partial charge in [0.15, 0.2) is 5.65 Å². The maximum absolute atomic E-state index is 10.7. The number of rotatable bonds is 4.